The molecule has 1 aliphatic rings. The van der Waals surface area contributed by atoms with Gasteiger partial charge in [-0.1, -0.05) is 19.8 Å². The first kappa shape index (κ1) is 17.4. The zero-order chi connectivity index (χ0) is 17.5. The second kappa shape index (κ2) is 8.60. The van der Waals surface area contributed by atoms with Crippen LogP contribution in [0.3, 0.4) is 0 Å². The van der Waals surface area contributed by atoms with Crippen LogP contribution in [0, 0.1) is 0 Å². The standard InChI is InChI=1S/C20H26N4O/c1-2-3-4-6-19(25)24-15-13-23(14-16-24)18-9-7-17(8-10-18)20-21-11-5-12-22-20/h5,7-12H,2-4,6,13-16H2,1H3. The van der Waals surface area contributed by atoms with Crippen molar-refractivity contribution >= 4 is 11.6 Å². The summed E-state index contributed by atoms with van der Waals surface area (Å²) in [4.78, 5) is 25.1. The Morgan fingerprint density at radius 1 is 1.00 bits per heavy atom. The molecule has 1 aromatic carbocycles. The average molecular weight is 338 g/mol. The lowest BCUT2D eigenvalue weighted by molar-refractivity contribution is -0.131. The lowest BCUT2D eigenvalue weighted by atomic mass is 10.1. The molecule has 1 amide bonds. The van der Waals surface area contributed by atoms with Crippen LogP contribution in [0.2, 0.25) is 0 Å². The van der Waals surface area contributed by atoms with Crippen LogP contribution in [0.5, 0.6) is 0 Å². The first-order chi connectivity index (χ1) is 12.3. The maximum atomic E-state index is 12.2. The molecule has 1 aliphatic heterocycles. The van der Waals surface area contributed by atoms with Gasteiger partial charge < -0.3 is 9.80 Å². The second-order valence-electron chi connectivity index (χ2n) is 6.44. The number of rotatable bonds is 6. The fourth-order valence-electron chi connectivity index (χ4n) is 3.17. The van der Waals surface area contributed by atoms with Crippen LogP contribution in [0.25, 0.3) is 11.4 Å². The lowest BCUT2D eigenvalue weighted by Crippen LogP contribution is -2.48. The quantitative estimate of drug-likeness (QED) is 0.758. The number of piperazine rings is 1. The van der Waals surface area contributed by atoms with Gasteiger partial charge in [0, 0.05) is 56.2 Å². The van der Waals surface area contributed by atoms with Gasteiger partial charge >= 0.3 is 0 Å². The van der Waals surface area contributed by atoms with E-state index < -0.39 is 0 Å². The first-order valence-corrected chi connectivity index (χ1v) is 9.18. The van der Waals surface area contributed by atoms with E-state index in [9.17, 15) is 4.79 Å². The maximum absolute atomic E-state index is 12.2. The van der Waals surface area contributed by atoms with E-state index in [1.165, 1.54) is 5.69 Å². The Balaban J connectivity index is 1.54. The van der Waals surface area contributed by atoms with Gasteiger partial charge in [0.2, 0.25) is 5.91 Å². The number of benzene rings is 1. The van der Waals surface area contributed by atoms with Crippen LogP contribution < -0.4 is 4.90 Å². The van der Waals surface area contributed by atoms with Crippen LogP contribution in [-0.4, -0.2) is 47.0 Å². The molecule has 1 aromatic heterocycles. The number of nitrogens with zero attached hydrogens (tertiary/aromatic N) is 4. The third-order valence-corrected chi connectivity index (χ3v) is 4.68. The molecule has 5 nitrogen and oxygen atoms in total. The Morgan fingerprint density at radius 2 is 1.68 bits per heavy atom. The van der Waals surface area contributed by atoms with E-state index in [1.807, 2.05) is 11.0 Å². The Bertz CT molecular complexity index is 664. The highest BCUT2D eigenvalue weighted by molar-refractivity contribution is 5.76. The summed E-state index contributed by atoms with van der Waals surface area (Å²) in [7, 11) is 0. The van der Waals surface area contributed by atoms with Crippen molar-refractivity contribution in [2.45, 2.75) is 32.6 Å². The first-order valence-electron chi connectivity index (χ1n) is 9.18. The molecule has 0 saturated carbocycles. The van der Waals surface area contributed by atoms with Crippen molar-refractivity contribution in [2.24, 2.45) is 0 Å². The number of unbranched alkanes of at least 4 members (excludes halogenated alkanes) is 2. The fourth-order valence-corrected chi connectivity index (χ4v) is 3.17. The van der Waals surface area contributed by atoms with Crippen molar-refractivity contribution in [3.63, 3.8) is 0 Å². The van der Waals surface area contributed by atoms with Crippen LogP contribution in [0.4, 0.5) is 5.69 Å². The summed E-state index contributed by atoms with van der Waals surface area (Å²) in [5, 5.41) is 0. The fraction of sp³-hybridized carbons (Fsp3) is 0.450. The van der Waals surface area contributed by atoms with E-state index in [0.29, 0.717) is 12.3 Å². The molecule has 0 aliphatic carbocycles. The minimum atomic E-state index is 0.310. The topological polar surface area (TPSA) is 49.3 Å². The van der Waals surface area contributed by atoms with E-state index in [4.69, 9.17) is 0 Å². The Labute approximate surface area is 149 Å². The number of carbonyl (C=O) groups is 1. The number of anilines is 1. The molecule has 5 heteroatoms. The summed E-state index contributed by atoms with van der Waals surface area (Å²) < 4.78 is 0. The molecule has 2 aromatic rings. The smallest absolute Gasteiger partial charge is 0.222 e. The van der Waals surface area contributed by atoms with Gasteiger partial charge in [0.05, 0.1) is 0 Å². The second-order valence-corrected chi connectivity index (χ2v) is 6.44. The predicted molar refractivity (Wildman–Crippen MR) is 100 cm³/mol. The normalized spacial score (nSPS) is 14.6. The van der Waals surface area contributed by atoms with Gasteiger partial charge in [-0.25, -0.2) is 9.97 Å². The third kappa shape index (κ3) is 4.56. The molecule has 2 heterocycles. The molecule has 25 heavy (non-hydrogen) atoms. The Hall–Kier alpha value is -2.43. The van der Waals surface area contributed by atoms with Gasteiger partial charge in [-0.3, -0.25) is 4.79 Å². The van der Waals surface area contributed by atoms with E-state index >= 15 is 0 Å². The average Bonchev–Trinajstić information content (AvgIpc) is 2.69. The van der Waals surface area contributed by atoms with Gasteiger partial charge in [-0.15, -0.1) is 0 Å². The van der Waals surface area contributed by atoms with Crippen molar-refractivity contribution in [1.29, 1.82) is 0 Å². The zero-order valence-electron chi connectivity index (χ0n) is 14.9. The van der Waals surface area contributed by atoms with Crippen LogP contribution in [0.15, 0.2) is 42.7 Å². The summed E-state index contributed by atoms with van der Waals surface area (Å²) in [6, 6.07) is 10.2. The van der Waals surface area contributed by atoms with Gasteiger partial charge in [0.15, 0.2) is 5.82 Å². The van der Waals surface area contributed by atoms with Crippen LogP contribution in [-0.2, 0) is 4.79 Å². The molecular formula is C20H26N4O. The molecule has 132 valence electrons. The largest absolute Gasteiger partial charge is 0.368 e. The van der Waals surface area contributed by atoms with Crippen LogP contribution >= 0.6 is 0 Å². The van der Waals surface area contributed by atoms with Crippen molar-refractivity contribution in [3.05, 3.63) is 42.7 Å². The highest BCUT2D eigenvalue weighted by atomic mass is 16.2. The number of hydrogen-bond donors (Lipinski definition) is 0. The number of amides is 1. The summed E-state index contributed by atoms with van der Waals surface area (Å²) in [5.41, 5.74) is 2.21. The minimum absolute atomic E-state index is 0.310. The Kier molecular flexibility index (Phi) is 5.99. The maximum Gasteiger partial charge on any atom is 0.222 e. The molecule has 1 fully saturated rings. The van der Waals surface area contributed by atoms with Crippen molar-refractivity contribution in [1.82, 2.24) is 14.9 Å². The van der Waals surface area contributed by atoms with E-state index in [-0.39, 0.29) is 0 Å². The minimum Gasteiger partial charge on any atom is -0.368 e. The Morgan fingerprint density at radius 3 is 2.32 bits per heavy atom. The van der Waals surface area contributed by atoms with Crippen molar-refractivity contribution in [2.75, 3.05) is 31.1 Å². The summed E-state index contributed by atoms with van der Waals surface area (Å²) in [5.74, 6) is 1.06. The van der Waals surface area contributed by atoms with Gasteiger partial charge in [-0.2, -0.15) is 0 Å². The third-order valence-electron chi connectivity index (χ3n) is 4.68. The monoisotopic (exact) mass is 338 g/mol. The van der Waals surface area contributed by atoms with E-state index in [2.05, 4.69) is 46.1 Å². The zero-order valence-corrected chi connectivity index (χ0v) is 14.9. The van der Waals surface area contributed by atoms with Gasteiger partial charge in [0.25, 0.3) is 0 Å². The van der Waals surface area contributed by atoms with Crippen LogP contribution in [0.1, 0.15) is 32.6 Å². The molecule has 0 spiro atoms. The molecule has 3 rings (SSSR count). The summed E-state index contributed by atoms with van der Waals surface area (Å²) in [6.07, 6.45) is 7.52. The van der Waals surface area contributed by atoms with Gasteiger partial charge in [-0.05, 0) is 36.8 Å². The number of aromatic nitrogens is 2. The molecule has 1 saturated heterocycles. The lowest BCUT2D eigenvalue weighted by Gasteiger charge is -2.36. The van der Waals surface area contributed by atoms with Gasteiger partial charge in [0.1, 0.15) is 0 Å². The molecule has 0 radical (unpaired) electrons. The van der Waals surface area contributed by atoms with Crippen molar-refractivity contribution < 1.29 is 4.79 Å². The summed E-state index contributed by atoms with van der Waals surface area (Å²) in [6.45, 7) is 5.57. The molecule has 0 N–H and O–H groups in total. The highest BCUT2D eigenvalue weighted by Crippen LogP contribution is 2.21. The number of carbonyl (C=O) groups excluding carboxylic acids is 1. The van der Waals surface area contributed by atoms with E-state index in [0.717, 1.165) is 56.8 Å². The summed E-state index contributed by atoms with van der Waals surface area (Å²) >= 11 is 0. The molecule has 0 bridgehead atoms. The van der Waals surface area contributed by atoms with E-state index in [1.54, 1.807) is 12.4 Å². The highest BCUT2D eigenvalue weighted by Gasteiger charge is 2.20. The molecule has 0 unspecified atom stereocenters. The predicted octanol–water partition coefficient (Wildman–Crippen LogP) is 3.37. The van der Waals surface area contributed by atoms with Crippen molar-refractivity contribution in [3.8, 4) is 11.4 Å². The SMILES string of the molecule is CCCCCC(=O)N1CCN(c2ccc(-c3ncccn3)cc2)CC1. The molecule has 0 atom stereocenters. The molecular weight excluding hydrogens is 312 g/mol. The number of hydrogen-bond acceptors (Lipinski definition) is 4.